The molecule has 1 aromatic heterocycles. The van der Waals surface area contributed by atoms with Crippen molar-refractivity contribution in [3.05, 3.63) is 66.9 Å². The van der Waals surface area contributed by atoms with Crippen molar-refractivity contribution in [2.75, 3.05) is 26.2 Å². The van der Waals surface area contributed by atoms with Crippen molar-refractivity contribution in [3.8, 4) is 0 Å². The summed E-state index contributed by atoms with van der Waals surface area (Å²) >= 11 is 7.49. The van der Waals surface area contributed by atoms with Crippen LogP contribution in [-0.4, -0.2) is 52.9 Å². The summed E-state index contributed by atoms with van der Waals surface area (Å²) in [5.41, 5.74) is 14.3. The fourth-order valence-corrected chi connectivity index (χ4v) is 7.12. The topological polar surface area (TPSA) is 79.5 Å². The average Bonchev–Trinajstić information content (AvgIpc) is 3.05. The summed E-state index contributed by atoms with van der Waals surface area (Å²) in [7, 11) is 0. The molecule has 2 aliphatic heterocycles. The average molecular weight is 675 g/mol. The van der Waals surface area contributed by atoms with E-state index in [4.69, 9.17) is 10.7 Å². The molecule has 0 saturated carbocycles. The van der Waals surface area contributed by atoms with Crippen LogP contribution in [0.5, 0.6) is 0 Å². The fourth-order valence-electron chi connectivity index (χ4n) is 5.93. The first-order valence-corrected chi connectivity index (χ1v) is 16.1. The number of carbonyl (C=O) groups excluding carboxylic acids is 2. The van der Waals surface area contributed by atoms with Gasteiger partial charge in [0.2, 0.25) is 5.91 Å². The SMILES string of the molecule is CC(C)C.Cc1cc(Br)c2c(c1)CCc1cc(Br)cnc1C2=C1CCN(C(=O)CC2CCN(C(N)=O)CC2)CC1. The van der Waals surface area contributed by atoms with E-state index < -0.39 is 0 Å². The van der Waals surface area contributed by atoms with E-state index in [1.165, 1.54) is 33.4 Å². The Balaban J connectivity index is 0.000000867. The van der Waals surface area contributed by atoms with E-state index in [2.05, 4.69) is 77.8 Å². The van der Waals surface area contributed by atoms with Crippen LogP contribution >= 0.6 is 31.9 Å². The number of nitrogens with two attached hydrogens (primary N) is 1. The molecule has 2 fully saturated rings. The Hall–Kier alpha value is -2.19. The molecule has 0 atom stereocenters. The number of hydrogen-bond acceptors (Lipinski definition) is 3. The van der Waals surface area contributed by atoms with Crippen molar-refractivity contribution in [1.29, 1.82) is 0 Å². The third-order valence-corrected chi connectivity index (χ3v) is 8.92. The first-order chi connectivity index (χ1) is 19.0. The molecule has 0 bridgehead atoms. The summed E-state index contributed by atoms with van der Waals surface area (Å²) in [5, 5.41) is 0. The van der Waals surface area contributed by atoms with Crippen LogP contribution in [0.3, 0.4) is 0 Å². The molecule has 216 valence electrons. The van der Waals surface area contributed by atoms with E-state index in [-0.39, 0.29) is 11.9 Å². The number of aromatic nitrogens is 1. The third-order valence-electron chi connectivity index (χ3n) is 7.86. The fraction of sp³-hybridized carbons (Fsp3) is 0.531. The molecular weight excluding hydrogens is 632 g/mol. The molecule has 1 aromatic carbocycles. The Bertz CT molecular complexity index is 1270. The highest BCUT2D eigenvalue weighted by Gasteiger charge is 2.30. The van der Waals surface area contributed by atoms with Gasteiger partial charge in [-0.25, -0.2) is 4.79 Å². The maximum atomic E-state index is 13.1. The molecule has 40 heavy (non-hydrogen) atoms. The number of rotatable bonds is 2. The van der Waals surface area contributed by atoms with Crippen LogP contribution in [0.2, 0.25) is 0 Å². The van der Waals surface area contributed by atoms with Gasteiger partial charge < -0.3 is 15.5 Å². The quantitative estimate of drug-likeness (QED) is 0.364. The Kier molecular flexibility index (Phi) is 10.5. The molecule has 0 unspecified atom stereocenters. The number of carbonyl (C=O) groups is 2. The number of aryl methyl sites for hydroxylation is 3. The van der Waals surface area contributed by atoms with Crippen molar-refractivity contribution in [2.45, 2.75) is 72.6 Å². The monoisotopic (exact) mass is 672 g/mol. The van der Waals surface area contributed by atoms with Crippen molar-refractivity contribution < 1.29 is 9.59 Å². The van der Waals surface area contributed by atoms with Crippen molar-refractivity contribution in [2.24, 2.45) is 17.6 Å². The number of amides is 3. The zero-order valence-electron chi connectivity index (χ0n) is 24.2. The summed E-state index contributed by atoms with van der Waals surface area (Å²) in [6.45, 7) is 11.4. The molecule has 0 spiro atoms. The molecular formula is C32H42Br2N4O2. The summed E-state index contributed by atoms with van der Waals surface area (Å²) in [4.78, 5) is 33.1. The Morgan fingerprint density at radius 1 is 0.950 bits per heavy atom. The third kappa shape index (κ3) is 7.55. The van der Waals surface area contributed by atoms with E-state index >= 15 is 0 Å². The molecule has 2 saturated heterocycles. The second kappa shape index (κ2) is 13.6. The lowest BCUT2D eigenvalue weighted by Gasteiger charge is -2.34. The van der Waals surface area contributed by atoms with Crippen molar-refractivity contribution >= 4 is 49.4 Å². The zero-order chi connectivity index (χ0) is 29.0. The second-order valence-electron chi connectivity index (χ2n) is 12.0. The number of piperidine rings is 2. The van der Waals surface area contributed by atoms with E-state index in [1.54, 1.807) is 4.90 Å². The Morgan fingerprint density at radius 3 is 2.20 bits per heavy atom. The molecule has 1 aliphatic carbocycles. The largest absolute Gasteiger partial charge is 0.351 e. The summed E-state index contributed by atoms with van der Waals surface area (Å²) < 4.78 is 2.13. The zero-order valence-corrected chi connectivity index (χ0v) is 27.4. The van der Waals surface area contributed by atoms with E-state index in [9.17, 15) is 9.59 Å². The van der Waals surface area contributed by atoms with Gasteiger partial charge >= 0.3 is 6.03 Å². The van der Waals surface area contributed by atoms with Gasteiger partial charge in [-0.2, -0.15) is 0 Å². The van der Waals surface area contributed by atoms with Crippen LogP contribution in [0.25, 0.3) is 5.57 Å². The standard InChI is InChI=1S/C28H32Br2N4O2.C4H10/c1-17-12-20-2-3-21-15-22(29)16-32-27(21)26(25(20)23(30)13-17)19-6-10-33(11-7-19)24(35)14-18-4-8-34(9-5-18)28(31)36;1-4(2)3/h12-13,15-16,18H,2-11,14H2,1H3,(H2,31,36);4H,1-3H3. The minimum Gasteiger partial charge on any atom is -0.351 e. The molecule has 2 aromatic rings. The van der Waals surface area contributed by atoms with Gasteiger partial charge in [0.25, 0.3) is 0 Å². The highest BCUT2D eigenvalue weighted by Crippen LogP contribution is 2.42. The molecule has 3 heterocycles. The van der Waals surface area contributed by atoms with Gasteiger partial charge in [0, 0.05) is 58.9 Å². The smallest absolute Gasteiger partial charge is 0.314 e. The normalized spacial score (nSPS) is 17.6. The van der Waals surface area contributed by atoms with Crippen LogP contribution in [-0.2, 0) is 17.6 Å². The predicted molar refractivity (Wildman–Crippen MR) is 169 cm³/mol. The van der Waals surface area contributed by atoms with Crippen molar-refractivity contribution in [3.63, 3.8) is 0 Å². The highest BCUT2D eigenvalue weighted by atomic mass is 79.9. The molecule has 3 aliphatic rings. The highest BCUT2D eigenvalue weighted by molar-refractivity contribution is 9.10. The maximum Gasteiger partial charge on any atom is 0.314 e. The first-order valence-electron chi connectivity index (χ1n) is 14.5. The van der Waals surface area contributed by atoms with Crippen LogP contribution in [0.4, 0.5) is 4.79 Å². The number of fused-ring (bicyclic) bond motifs is 2. The van der Waals surface area contributed by atoms with Crippen LogP contribution in [0, 0.1) is 18.8 Å². The van der Waals surface area contributed by atoms with Crippen LogP contribution < -0.4 is 5.73 Å². The van der Waals surface area contributed by atoms with Gasteiger partial charge in [-0.3, -0.25) is 9.78 Å². The number of hydrogen-bond donors (Lipinski definition) is 1. The lowest BCUT2D eigenvalue weighted by atomic mass is 9.87. The van der Waals surface area contributed by atoms with Gasteiger partial charge in [0.1, 0.15) is 0 Å². The number of urea groups is 1. The summed E-state index contributed by atoms with van der Waals surface area (Å²) in [6.07, 6.45) is 7.81. The molecule has 8 heteroatoms. The van der Waals surface area contributed by atoms with E-state index in [1.807, 2.05) is 11.1 Å². The molecule has 0 radical (unpaired) electrons. The number of pyridine rings is 1. The maximum absolute atomic E-state index is 13.1. The number of nitrogens with zero attached hydrogens (tertiary/aromatic N) is 3. The molecule has 2 N–H and O–H groups in total. The Morgan fingerprint density at radius 2 is 1.57 bits per heavy atom. The lowest BCUT2D eigenvalue weighted by Crippen LogP contribution is -2.43. The minimum atomic E-state index is -0.360. The summed E-state index contributed by atoms with van der Waals surface area (Å²) in [5.74, 6) is 1.40. The lowest BCUT2D eigenvalue weighted by molar-refractivity contribution is -0.132. The van der Waals surface area contributed by atoms with Crippen molar-refractivity contribution in [1.82, 2.24) is 14.8 Å². The van der Waals surface area contributed by atoms with Gasteiger partial charge in [-0.15, -0.1) is 0 Å². The predicted octanol–water partition coefficient (Wildman–Crippen LogP) is 7.28. The van der Waals surface area contributed by atoms with Crippen LogP contribution in [0.15, 0.2) is 38.9 Å². The molecule has 3 amide bonds. The number of primary amides is 1. The second-order valence-corrected chi connectivity index (χ2v) is 13.8. The van der Waals surface area contributed by atoms with Crippen LogP contribution in [0.1, 0.15) is 80.8 Å². The van der Waals surface area contributed by atoms with E-state index in [0.29, 0.717) is 25.4 Å². The van der Waals surface area contributed by atoms with E-state index in [0.717, 1.165) is 72.2 Å². The first kappa shape index (κ1) is 30.8. The number of halogens is 2. The number of benzene rings is 1. The van der Waals surface area contributed by atoms with Gasteiger partial charge in [-0.1, -0.05) is 48.3 Å². The van der Waals surface area contributed by atoms with Gasteiger partial charge in [0.15, 0.2) is 0 Å². The summed E-state index contributed by atoms with van der Waals surface area (Å²) in [6, 6.07) is 6.36. The number of likely N-dealkylation sites (tertiary alicyclic amines) is 2. The van der Waals surface area contributed by atoms with Gasteiger partial charge in [-0.05, 0) is 102 Å². The Labute approximate surface area is 256 Å². The minimum absolute atomic E-state index is 0.233. The molecule has 6 nitrogen and oxygen atoms in total. The molecule has 5 rings (SSSR count). The van der Waals surface area contributed by atoms with Gasteiger partial charge in [0.05, 0.1) is 5.69 Å².